The number of rotatable bonds is 1. The van der Waals surface area contributed by atoms with Gasteiger partial charge in [-0.1, -0.05) is 12.1 Å². The van der Waals surface area contributed by atoms with E-state index in [4.69, 9.17) is 11.5 Å². The number of aromatic nitrogens is 2. The van der Waals surface area contributed by atoms with Gasteiger partial charge in [-0.25, -0.2) is 4.98 Å². The van der Waals surface area contributed by atoms with E-state index >= 15 is 0 Å². The Morgan fingerprint density at radius 2 is 2.08 bits per heavy atom. The van der Waals surface area contributed by atoms with Gasteiger partial charge in [-0.05, 0) is 12.1 Å². The molecule has 1 aromatic heterocycles. The average molecular weight is 175 g/mol. The molecule has 0 aliphatic heterocycles. The summed E-state index contributed by atoms with van der Waals surface area (Å²) in [7, 11) is 0. The van der Waals surface area contributed by atoms with Crippen LogP contribution in [0, 0.1) is 0 Å². The van der Waals surface area contributed by atoms with Gasteiger partial charge in [0.1, 0.15) is 0 Å². The summed E-state index contributed by atoms with van der Waals surface area (Å²) in [5.41, 5.74) is 12.2. The Labute approximate surface area is 74.5 Å². The van der Waals surface area contributed by atoms with Crippen molar-refractivity contribution >= 4 is 22.9 Å². The molecule has 5 N–H and O–H groups in total. The quantitative estimate of drug-likeness (QED) is 0.434. The predicted molar refractivity (Wildman–Crippen MR) is 51.6 cm³/mol. The van der Waals surface area contributed by atoms with Crippen molar-refractivity contribution in [3.05, 3.63) is 24.3 Å². The molecule has 0 spiro atoms. The number of aliphatic imine (C=N–C) groups is 1. The van der Waals surface area contributed by atoms with E-state index < -0.39 is 0 Å². The topological polar surface area (TPSA) is 93.1 Å². The Bertz CT molecular complexity index is 419. The Kier molecular flexibility index (Phi) is 1.63. The highest BCUT2D eigenvalue weighted by Crippen LogP contribution is 2.14. The first-order chi connectivity index (χ1) is 6.25. The number of H-pyrrole nitrogens is 1. The number of hydrogen-bond acceptors (Lipinski definition) is 2. The van der Waals surface area contributed by atoms with Crippen LogP contribution in [-0.2, 0) is 0 Å². The minimum atomic E-state index is -0.000874. The fraction of sp³-hybridized carbons (Fsp3) is 0. The van der Waals surface area contributed by atoms with Crippen LogP contribution in [0.4, 0.5) is 5.95 Å². The summed E-state index contributed by atoms with van der Waals surface area (Å²) in [4.78, 5) is 10.9. The highest BCUT2D eigenvalue weighted by Gasteiger charge is 1.99. The van der Waals surface area contributed by atoms with Gasteiger partial charge in [0.2, 0.25) is 5.95 Å². The second kappa shape index (κ2) is 2.78. The van der Waals surface area contributed by atoms with Crippen molar-refractivity contribution in [3.63, 3.8) is 0 Å². The fourth-order valence-electron chi connectivity index (χ4n) is 1.11. The van der Waals surface area contributed by atoms with Gasteiger partial charge in [-0.15, -0.1) is 0 Å². The van der Waals surface area contributed by atoms with Crippen LogP contribution in [0.1, 0.15) is 0 Å². The molecule has 0 aliphatic carbocycles. The Hall–Kier alpha value is -2.04. The Morgan fingerprint density at radius 3 is 2.77 bits per heavy atom. The molecule has 5 nitrogen and oxygen atoms in total. The maximum Gasteiger partial charge on any atom is 0.231 e. The number of benzene rings is 1. The molecule has 13 heavy (non-hydrogen) atoms. The summed E-state index contributed by atoms with van der Waals surface area (Å²) < 4.78 is 0. The molecule has 0 saturated heterocycles. The van der Waals surface area contributed by atoms with Crippen molar-refractivity contribution in [2.24, 2.45) is 16.5 Å². The van der Waals surface area contributed by atoms with Crippen LogP contribution in [0.5, 0.6) is 0 Å². The minimum absolute atomic E-state index is 0.000874. The molecule has 66 valence electrons. The van der Waals surface area contributed by atoms with Crippen molar-refractivity contribution in [3.8, 4) is 0 Å². The van der Waals surface area contributed by atoms with Crippen molar-refractivity contribution in [1.29, 1.82) is 0 Å². The molecule has 0 fully saturated rings. The molecule has 1 heterocycles. The first kappa shape index (κ1) is 7.60. The van der Waals surface area contributed by atoms with Crippen LogP contribution in [-0.4, -0.2) is 15.9 Å². The molecule has 0 unspecified atom stereocenters. The van der Waals surface area contributed by atoms with Crippen LogP contribution >= 0.6 is 0 Å². The molecule has 0 atom stereocenters. The third kappa shape index (κ3) is 1.44. The van der Waals surface area contributed by atoms with Crippen LogP contribution in [0.2, 0.25) is 0 Å². The number of nitrogens with zero attached hydrogens (tertiary/aromatic N) is 2. The van der Waals surface area contributed by atoms with Gasteiger partial charge in [-0.2, -0.15) is 4.99 Å². The first-order valence-electron chi connectivity index (χ1n) is 3.80. The number of guanidine groups is 1. The van der Waals surface area contributed by atoms with Gasteiger partial charge in [0.05, 0.1) is 11.0 Å². The van der Waals surface area contributed by atoms with E-state index in [-0.39, 0.29) is 5.96 Å². The Balaban J connectivity index is 2.56. The number of fused-ring (bicyclic) bond motifs is 1. The molecule has 0 bridgehead atoms. The number of hydrogen-bond donors (Lipinski definition) is 3. The lowest BCUT2D eigenvalue weighted by Crippen LogP contribution is -2.22. The third-order valence-electron chi connectivity index (χ3n) is 1.61. The van der Waals surface area contributed by atoms with Gasteiger partial charge < -0.3 is 16.5 Å². The standard InChI is InChI=1S/C8H9N5/c9-7(10)13-8-11-5-3-1-2-4-6(5)12-8/h1-4H,(H5,9,10,11,12,13). The molecular weight excluding hydrogens is 166 g/mol. The second-order valence-electron chi connectivity index (χ2n) is 2.61. The van der Waals surface area contributed by atoms with Crippen molar-refractivity contribution in [2.75, 3.05) is 0 Å². The molecule has 5 heteroatoms. The maximum atomic E-state index is 5.21. The monoisotopic (exact) mass is 175 g/mol. The molecule has 1 aromatic carbocycles. The largest absolute Gasteiger partial charge is 0.370 e. The lowest BCUT2D eigenvalue weighted by Gasteiger charge is -1.85. The summed E-state index contributed by atoms with van der Waals surface area (Å²) in [5.74, 6) is 0.431. The summed E-state index contributed by atoms with van der Waals surface area (Å²) in [6.07, 6.45) is 0. The number of nitrogens with one attached hydrogen (secondary N) is 1. The molecule has 0 amide bonds. The highest BCUT2D eigenvalue weighted by atomic mass is 15.1. The van der Waals surface area contributed by atoms with E-state index in [1.807, 2.05) is 24.3 Å². The normalized spacial score (nSPS) is 10.2. The molecule has 0 radical (unpaired) electrons. The van der Waals surface area contributed by atoms with Gasteiger partial charge in [0.15, 0.2) is 5.96 Å². The molecule has 2 aromatic rings. The molecular formula is C8H9N5. The van der Waals surface area contributed by atoms with E-state index in [2.05, 4.69) is 15.0 Å². The minimum Gasteiger partial charge on any atom is -0.370 e. The summed E-state index contributed by atoms with van der Waals surface area (Å²) >= 11 is 0. The first-order valence-corrected chi connectivity index (χ1v) is 3.80. The zero-order valence-electron chi connectivity index (χ0n) is 6.86. The zero-order valence-corrected chi connectivity index (χ0v) is 6.86. The van der Waals surface area contributed by atoms with Gasteiger partial charge in [0, 0.05) is 0 Å². The van der Waals surface area contributed by atoms with E-state index in [0.29, 0.717) is 5.95 Å². The summed E-state index contributed by atoms with van der Waals surface area (Å²) in [6.45, 7) is 0. The number of para-hydroxylation sites is 2. The molecule has 0 saturated carbocycles. The average Bonchev–Trinajstić information content (AvgIpc) is 2.44. The summed E-state index contributed by atoms with van der Waals surface area (Å²) in [6, 6.07) is 7.62. The second-order valence-corrected chi connectivity index (χ2v) is 2.61. The smallest absolute Gasteiger partial charge is 0.231 e. The van der Waals surface area contributed by atoms with Crippen molar-refractivity contribution < 1.29 is 0 Å². The van der Waals surface area contributed by atoms with E-state index in [0.717, 1.165) is 11.0 Å². The molecule has 0 aliphatic rings. The van der Waals surface area contributed by atoms with E-state index in [9.17, 15) is 0 Å². The predicted octanol–water partition coefficient (Wildman–Crippen LogP) is 0.468. The highest BCUT2D eigenvalue weighted by molar-refractivity contribution is 5.81. The van der Waals surface area contributed by atoms with Gasteiger partial charge in [0.25, 0.3) is 0 Å². The van der Waals surface area contributed by atoms with Gasteiger partial charge >= 0.3 is 0 Å². The van der Waals surface area contributed by atoms with Crippen LogP contribution < -0.4 is 11.5 Å². The van der Waals surface area contributed by atoms with Crippen LogP contribution in [0.3, 0.4) is 0 Å². The third-order valence-corrected chi connectivity index (χ3v) is 1.61. The van der Waals surface area contributed by atoms with Gasteiger partial charge in [-0.3, -0.25) is 0 Å². The summed E-state index contributed by atoms with van der Waals surface area (Å²) in [5, 5.41) is 0. The lowest BCUT2D eigenvalue weighted by atomic mass is 10.3. The maximum absolute atomic E-state index is 5.21. The fourth-order valence-corrected chi connectivity index (χ4v) is 1.11. The number of nitrogens with two attached hydrogens (primary N) is 2. The van der Waals surface area contributed by atoms with E-state index in [1.165, 1.54) is 0 Å². The van der Waals surface area contributed by atoms with Crippen molar-refractivity contribution in [2.45, 2.75) is 0 Å². The molecule has 2 rings (SSSR count). The zero-order chi connectivity index (χ0) is 9.26. The van der Waals surface area contributed by atoms with E-state index in [1.54, 1.807) is 0 Å². The SMILES string of the molecule is NC(N)=Nc1nc2ccccc2[nH]1. The van der Waals surface area contributed by atoms with Crippen LogP contribution in [0.15, 0.2) is 29.3 Å². The number of aromatic amines is 1. The number of imidazole rings is 1. The van der Waals surface area contributed by atoms with Crippen molar-refractivity contribution in [1.82, 2.24) is 9.97 Å². The lowest BCUT2D eigenvalue weighted by molar-refractivity contribution is 1.24. The Morgan fingerprint density at radius 1 is 1.31 bits per heavy atom. The van der Waals surface area contributed by atoms with Crippen LogP contribution in [0.25, 0.3) is 11.0 Å².